The Bertz CT molecular complexity index is 611. The van der Waals surface area contributed by atoms with Gasteiger partial charge in [0, 0.05) is 11.1 Å². The van der Waals surface area contributed by atoms with Crippen molar-refractivity contribution in [3.8, 4) is 5.75 Å². The first-order valence-electron chi connectivity index (χ1n) is 6.40. The van der Waals surface area contributed by atoms with Crippen molar-refractivity contribution in [1.29, 1.82) is 0 Å². The van der Waals surface area contributed by atoms with Gasteiger partial charge >= 0.3 is 0 Å². The Labute approximate surface area is 128 Å². The van der Waals surface area contributed by atoms with Crippen LogP contribution in [0.25, 0.3) is 0 Å². The number of ether oxygens (including phenoxy) is 1. The highest BCUT2D eigenvalue weighted by Gasteiger charge is 2.19. The van der Waals surface area contributed by atoms with Crippen LogP contribution >= 0.6 is 23.2 Å². The molecule has 0 heterocycles. The molecule has 20 heavy (non-hydrogen) atoms. The van der Waals surface area contributed by atoms with Gasteiger partial charge in [0.25, 0.3) is 0 Å². The lowest BCUT2D eigenvalue weighted by Gasteiger charge is -2.18. The smallest absolute Gasteiger partial charge is 0.125 e. The number of rotatable bonds is 4. The van der Waals surface area contributed by atoms with Crippen LogP contribution in [-0.4, -0.2) is 11.7 Å². The Morgan fingerprint density at radius 3 is 2.60 bits per heavy atom. The van der Waals surface area contributed by atoms with Gasteiger partial charge in [-0.05, 0) is 32.0 Å². The van der Waals surface area contributed by atoms with Crippen molar-refractivity contribution < 1.29 is 9.84 Å². The average Bonchev–Trinajstić information content (AvgIpc) is 2.43. The SMILES string of the molecule is CCOc1ccc(C)cc1C(O)c1cccc(Cl)c1Cl. The molecule has 0 amide bonds. The fourth-order valence-electron chi connectivity index (χ4n) is 2.07. The zero-order chi connectivity index (χ0) is 14.7. The minimum atomic E-state index is -0.873. The van der Waals surface area contributed by atoms with Crippen molar-refractivity contribution in [1.82, 2.24) is 0 Å². The highest BCUT2D eigenvalue weighted by molar-refractivity contribution is 6.42. The minimum Gasteiger partial charge on any atom is -0.493 e. The van der Waals surface area contributed by atoms with Crippen LogP contribution in [0.2, 0.25) is 10.0 Å². The summed E-state index contributed by atoms with van der Waals surface area (Å²) in [5.41, 5.74) is 2.31. The number of hydrogen-bond acceptors (Lipinski definition) is 2. The fourth-order valence-corrected chi connectivity index (χ4v) is 2.48. The summed E-state index contributed by atoms with van der Waals surface area (Å²) in [5.74, 6) is 0.654. The van der Waals surface area contributed by atoms with Crippen LogP contribution in [0, 0.1) is 6.92 Å². The van der Waals surface area contributed by atoms with Crippen molar-refractivity contribution in [2.75, 3.05) is 6.61 Å². The molecule has 0 aliphatic heterocycles. The van der Waals surface area contributed by atoms with Gasteiger partial charge < -0.3 is 9.84 Å². The molecular formula is C16H16Cl2O2. The highest BCUT2D eigenvalue weighted by atomic mass is 35.5. The Morgan fingerprint density at radius 1 is 1.15 bits per heavy atom. The van der Waals surface area contributed by atoms with E-state index in [2.05, 4.69) is 0 Å². The summed E-state index contributed by atoms with van der Waals surface area (Å²) in [6, 6.07) is 10.9. The monoisotopic (exact) mass is 310 g/mol. The van der Waals surface area contributed by atoms with E-state index >= 15 is 0 Å². The predicted octanol–water partition coefficient (Wildman–Crippen LogP) is 4.78. The molecule has 0 radical (unpaired) electrons. The van der Waals surface area contributed by atoms with Gasteiger partial charge in [-0.15, -0.1) is 0 Å². The maximum atomic E-state index is 10.6. The zero-order valence-electron chi connectivity index (χ0n) is 11.4. The molecule has 0 fully saturated rings. The number of aliphatic hydroxyl groups is 1. The van der Waals surface area contributed by atoms with E-state index in [1.54, 1.807) is 18.2 Å². The van der Waals surface area contributed by atoms with Crippen LogP contribution in [0.3, 0.4) is 0 Å². The standard InChI is InChI=1S/C16H16Cl2O2/c1-3-20-14-8-7-10(2)9-12(14)16(19)11-5-4-6-13(17)15(11)18/h4-9,16,19H,3H2,1-2H3. The van der Waals surface area contributed by atoms with Crippen LogP contribution < -0.4 is 4.74 Å². The van der Waals surface area contributed by atoms with E-state index in [9.17, 15) is 5.11 Å². The third kappa shape index (κ3) is 3.09. The second-order valence-electron chi connectivity index (χ2n) is 4.52. The molecule has 1 unspecified atom stereocenters. The molecule has 1 atom stereocenters. The summed E-state index contributed by atoms with van der Waals surface area (Å²) in [6.45, 7) is 4.40. The Kier molecular flexibility index (Phi) is 4.92. The van der Waals surface area contributed by atoms with Crippen LogP contribution in [0.4, 0.5) is 0 Å². The van der Waals surface area contributed by atoms with Gasteiger partial charge in [-0.1, -0.05) is 47.0 Å². The number of benzene rings is 2. The van der Waals surface area contributed by atoms with Crippen LogP contribution in [0.1, 0.15) is 29.7 Å². The molecule has 0 aliphatic rings. The molecule has 0 saturated carbocycles. The van der Waals surface area contributed by atoms with Crippen molar-refractivity contribution in [3.63, 3.8) is 0 Å². The van der Waals surface area contributed by atoms with E-state index < -0.39 is 6.10 Å². The quantitative estimate of drug-likeness (QED) is 0.880. The molecule has 0 saturated heterocycles. The minimum absolute atomic E-state index is 0.366. The van der Waals surface area contributed by atoms with E-state index in [1.165, 1.54) is 0 Å². The average molecular weight is 311 g/mol. The topological polar surface area (TPSA) is 29.5 Å². The van der Waals surface area contributed by atoms with Crippen molar-refractivity contribution in [3.05, 3.63) is 63.1 Å². The lowest BCUT2D eigenvalue weighted by molar-refractivity contribution is 0.212. The third-order valence-electron chi connectivity index (χ3n) is 3.04. The Morgan fingerprint density at radius 2 is 1.90 bits per heavy atom. The lowest BCUT2D eigenvalue weighted by atomic mass is 9.99. The second kappa shape index (κ2) is 6.49. The molecule has 0 aromatic heterocycles. The number of hydrogen-bond donors (Lipinski definition) is 1. The first-order valence-corrected chi connectivity index (χ1v) is 7.15. The van der Waals surface area contributed by atoms with Gasteiger partial charge in [0.2, 0.25) is 0 Å². The van der Waals surface area contributed by atoms with Crippen LogP contribution in [-0.2, 0) is 0 Å². The number of aryl methyl sites for hydroxylation is 1. The Hall–Kier alpha value is -1.22. The van der Waals surface area contributed by atoms with Gasteiger partial charge in [-0.3, -0.25) is 0 Å². The van der Waals surface area contributed by atoms with Gasteiger partial charge in [-0.2, -0.15) is 0 Å². The molecule has 0 spiro atoms. The lowest BCUT2D eigenvalue weighted by Crippen LogP contribution is -2.05. The molecule has 0 bridgehead atoms. The summed E-state index contributed by atoms with van der Waals surface area (Å²) in [5, 5.41) is 11.4. The number of halogens is 2. The summed E-state index contributed by atoms with van der Waals surface area (Å²) < 4.78 is 5.57. The summed E-state index contributed by atoms with van der Waals surface area (Å²) in [4.78, 5) is 0. The van der Waals surface area contributed by atoms with Crippen molar-refractivity contribution in [2.24, 2.45) is 0 Å². The normalized spacial score (nSPS) is 12.2. The van der Waals surface area contributed by atoms with Crippen LogP contribution in [0.15, 0.2) is 36.4 Å². The summed E-state index contributed by atoms with van der Waals surface area (Å²) >= 11 is 12.2. The molecule has 2 aromatic carbocycles. The van der Waals surface area contributed by atoms with E-state index in [4.69, 9.17) is 27.9 Å². The van der Waals surface area contributed by atoms with Crippen molar-refractivity contribution in [2.45, 2.75) is 20.0 Å². The Balaban J connectivity index is 2.49. The summed E-state index contributed by atoms with van der Waals surface area (Å²) in [6.07, 6.45) is -0.873. The second-order valence-corrected chi connectivity index (χ2v) is 5.31. The van der Waals surface area contributed by atoms with Crippen molar-refractivity contribution >= 4 is 23.2 Å². The fraction of sp³-hybridized carbons (Fsp3) is 0.250. The molecular weight excluding hydrogens is 295 g/mol. The van der Waals surface area contributed by atoms with E-state index in [-0.39, 0.29) is 0 Å². The molecule has 4 heteroatoms. The molecule has 0 aliphatic carbocycles. The first-order chi connectivity index (χ1) is 9.54. The highest BCUT2D eigenvalue weighted by Crippen LogP contribution is 2.36. The molecule has 2 nitrogen and oxygen atoms in total. The molecule has 1 N–H and O–H groups in total. The first kappa shape index (κ1) is 15.2. The molecule has 2 aromatic rings. The zero-order valence-corrected chi connectivity index (χ0v) is 12.9. The number of aliphatic hydroxyl groups excluding tert-OH is 1. The maximum Gasteiger partial charge on any atom is 0.125 e. The van der Waals surface area contributed by atoms with Gasteiger partial charge in [0.1, 0.15) is 11.9 Å². The third-order valence-corrected chi connectivity index (χ3v) is 3.87. The van der Waals surface area contributed by atoms with E-state index in [0.717, 1.165) is 5.56 Å². The van der Waals surface area contributed by atoms with Gasteiger partial charge in [0.15, 0.2) is 0 Å². The summed E-state index contributed by atoms with van der Waals surface area (Å²) in [7, 11) is 0. The molecule has 106 valence electrons. The predicted molar refractivity (Wildman–Crippen MR) is 82.9 cm³/mol. The van der Waals surface area contributed by atoms with E-state index in [0.29, 0.717) is 33.5 Å². The van der Waals surface area contributed by atoms with Gasteiger partial charge in [-0.25, -0.2) is 0 Å². The van der Waals surface area contributed by atoms with E-state index in [1.807, 2.05) is 32.0 Å². The largest absolute Gasteiger partial charge is 0.493 e. The van der Waals surface area contributed by atoms with Gasteiger partial charge in [0.05, 0.1) is 16.7 Å². The molecule has 2 rings (SSSR count). The maximum absolute atomic E-state index is 10.6. The van der Waals surface area contributed by atoms with Crippen LogP contribution in [0.5, 0.6) is 5.75 Å².